The van der Waals surface area contributed by atoms with Crippen molar-refractivity contribution in [2.45, 2.75) is 26.2 Å². The average Bonchev–Trinajstić information content (AvgIpc) is 3.06. The van der Waals surface area contributed by atoms with Crippen LogP contribution in [0.15, 0.2) is 36.7 Å². The van der Waals surface area contributed by atoms with Crippen LogP contribution in [-0.4, -0.2) is 39.4 Å². The molecule has 0 spiro atoms. The van der Waals surface area contributed by atoms with Gasteiger partial charge in [0.2, 0.25) is 0 Å². The lowest BCUT2D eigenvalue weighted by Crippen LogP contribution is -2.20. The fourth-order valence-electron chi connectivity index (χ4n) is 3.25. The van der Waals surface area contributed by atoms with Crippen molar-refractivity contribution in [3.8, 4) is 17.0 Å². The smallest absolute Gasteiger partial charge is 0.179 e. The fraction of sp³-hybridized carbons (Fsp3) is 0.421. The first-order valence-electron chi connectivity index (χ1n) is 8.84. The monoisotopic (exact) mass is 338 g/mol. The van der Waals surface area contributed by atoms with E-state index in [9.17, 15) is 0 Å². The minimum Gasteiger partial charge on any atom is -0.494 e. The molecule has 1 aliphatic rings. The van der Waals surface area contributed by atoms with E-state index in [1.165, 1.54) is 6.42 Å². The van der Waals surface area contributed by atoms with Crippen molar-refractivity contribution in [1.29, 1.82) is 0 Å². The molecule has 3 aromatic rings. The number of aromatic nitrogens is 4. The Kier molecular flexibility index (Phi) is 4.61. The molecule has 0 amide bonds. The van der Waals surface area contributed by atoms with Gasteiger partial charge in [-0.3, -0.25) is 9.38 Å². The second-order valence-corrected chi connectivity index (χ2v) is 6.36. The van der Waals surface area contributed by atoms with Crippen LogP contribution in [-0.2, 0) is 11.2 Å². The maximum Gasteiger partial charge on any atom is 0.179 e. The summed E-state index contributed by atoms with van der Waals surface area (Å²) in [4.78, 5) is 4.52. The topological polar surface area (TPSA) is 61.5 Å². The quantitative estimate of drug-likeness (QED) is 0.715. The highest BCUT2D eigenvalue weighted by Crippen LogP contribution is 2.23. The van der Waals surface area contributed by atoms with E-state index in [1.54, 1.807) is 6.20 Å². The van der Waals surface area contributed by atoms with Gasteiger partial charge in [0.15, 0.2) is 5.65 Å². The van der Waals surface area contributed by atoms with Crippen molar-refractivity contribution in [1.82, 2.24) is 19.6 Å². The number of nitrogens with zero attached hydrogens (tertiary/aromatic N) is 4. The molecule has 0 saturated carbocycles. The van der Waals surface area contributed by atoms with Crippen LogP contribution in [0.25, 0.3) is 16.9 Å². The Morgan fingerprint density at radius 2 is 2.12 bits per heavy atom. The molecule has 0 radical (unpaired) electrons. The molecule has 6 nitrogen and oxygen atoms in total. The summed E-state index contributed by atoms with van der Waals surface area (Å²) in [5.74, 6) is 2.36. The number of hydrogen-bond acceptors (Lipinski definition) is 5. The Bertz CT molecular complexity index is 838. The zero-order valence-corrected chi connectivity index (χ0v) is 14.4. The molecule has 25 heavy (non-hydrogen) atoms. The second-order valence-electron chi connectivity index (χ2n) is 6.36. The summed E-state index contributed by atoms with van der Waals surface area (Å²) in [6, 6.07) is 7.99. The van der Waals surface area contributed by atoms with E-state index in [0.29, 0.717) is 12.5 Å². The first-order valence-corrected chi connectivity index (χ1v) is 8.84. The predicted octanol–water partition coefficient (Wildman–Crippen LogP) is 3.16. The van der Waals surface area contributed by atoms with Gasteiger partial charge in [0, 0.05) is 31.4 Å². The van der Waals surface area contributed by atoms with Gasteiger partial charge < -0.3 is 9.47 Å². The van der Waals surface area contributed by atoms with Gasteiger partial charge in [-0.25, -0.2) is 0 Å². The summed E-state index contributed by atoms with van der Waals surface area (Å²) in [6.07, 6.45) is 6.99. The van der Waals surface area contributed by atoms with E-state index in [0.717, 1.165) is 54.5 Å². The van der Waals surface area contributed by atoms with Crippen LogP contribution in [0.2, 0.25) is 0 Å². The van der Waals surface area contributed by atoms with E-state index in [-0.39, 0.29) is 0 Å². The molecular formula is C19H22N4O2. The number of rotatable bonds is 5. The highest BCUT2D eigenvalue weighted by atomic mass is 16.5. The Hall–Kier alpha value is -2.47. The maximum atomic E-state index is 5.59. The summed E-state index contributed by atoms with van der Waals surface area (Å²) in [5.41, 5.74) is 2.73. The van der Waals surface area contributed by atoms with Gasteiger partial charge in [0.05, 0.1) is 18.5 Å². The van der Waals surface area contributed by atoms with Gasteiger partial charge >= 0.3 is 0 Å². The third kappa shape index (κ3) is 3.49. The zero-order chi connectivity index (χ0) is 17.1. The first-order chi connectivity index (χ1) is 12.3. The molecule has 0 bridgehead atoms. The molecule has 2 aromatic heterocycles. The van der Waals surface area contributed by atoms with E-state index >= 15 is 0 Å². The predicted molar refractivity (Wildman–Crippen MR) is 94.6 cm³/mol. The lowest BCUT2D eigenvalue weighted by molar-refractivity contribution is 0.0542. The van der Waals surface area contributed by atoms with Gasteiger partial charge in [-0.2, -0.15) is 0 Å². The zero-order valence-electron chi connectivity index (χ0n) is 14.4. The number of ether oxygens (including phenoxy) is 2. The van der Waals surface area contributed by atoms with Crippen LogP contribution in [0, 0.1) is 5.92 Å². The standard InChI is InChI=1S/C19H22N4O2/c1-2-25-16-7-5-15(6-8-16)17-12-23-18(21-22-19(23)11-20-17)10-14-4-3-9-24-13-14/h5-8,11-12,14H,2-4,9-10,13H2,1H3. The van der Waals surface area contributed by atoms with Gasteiger partial charge in [-0.05, 0) is 49.9 Å². The van der Waals surface area contributed by atoms with Crippen molar-refractivity contribution in [3.05, 3.63) is 42.5 Å². The average molecular weight is 338 g/mol. The Labute approximate surface area is 146 Å². The van der Waals surface area contributed by atoms with Gasteiger partial charge in [0.25, 0.3) is 0 Å². The molecule has 3 heterocycles. The number of hydrogen-bond donors (Lipinski definition) is 0. The normalized spacial score (nSPS) is 17.7. The second kappa shape index (κ2) is 7.19. The van der Waals surface area contributed by atoms with Crippen molar-refractivity contribution in [2.75, 3.05) is 19.8 Å². The van der Waals surface area contributed by atoms with Crippen LogP contribution in [0.4, 0.5) is 0 Å². The van der Waals surface area contributed by atoms with Crippen LogP contribution < -0.4 is 4.74 Å². The highest BCUT2D eigenvalue weighted by Gasteiger charge is 2.18. The van der Waals surface area contributed by atoms with Crippen LogP contribution in [0.1, 0.15) is 25.6 Å². The van der Waals surface area contributed by atoms with Crippen molar-refractivity contribution in [3.63, 3.8) is 0 Å². The third-order valence-corrected chi connectivity index (χ3v) is 4.55. The minimum absolute atomic E-state index is 0.517. The molecule has 0 N–H and O–H groups in total. The molecule has 1 fully saturated rings. The molecule has 6 heteroatoms. The summed E-state index contributed by atoms with van der Waals surface area (Å²) in [5, 5.41) is 8.61. The maximum absolute atomic E-state index is 5.59. The summed E-state index contributed by atoms with van der Waals surface area (Å²) >= 11 is 0. The summed E-state index contributed by atoms with van der Waals surface area (Å²) in [6.45, 7) is 4.33. The molecule has 130 valence electrons. The lowest BCUT2D eigenvalue weighted by atomic mass is 9.98. The molecule has 4 rings (SSSR count). The van der Waals surface area contributed by atoms with Crippen molar-refractivity contribution >= 4 is 5.65 Å². The Morgan fingerprint density at radius 3 is 2.88 bits per heavy atom. The van der Waals surface area contributed by atoms with Crippen molar-refractivity contribution in [2.24, 2.45) is 5.92 Å². The highest BCUT2D eigenvalue weighted by molar-refractivity contribution is 5.60. The summed E-state index contributed by atoms with van der Waals surface area (Å²) in [7, 11) is 0. The van der Waals surface area contributed by atoms with E-state index in [2.05, 4.69) is 15.2 Å². The van der Waals surface area contributed by atoms with E-state index < -0.39 is 0 Å². The van der Waals surface area contributed by atoms with Gasteiger partial charge in [0.1, 0.15) is 11.6 Å². The minimum atomic E-state index is 0.517. The number of fused-ring (bicyclic) bond motifs is 1. The Balaban J connectivity index is 1.61. The van der Waals surface area contributed by atoms with Crippen molar-refractivity contribution < 1.29 is 9.47 Å². The van der Waals surface area contributed by atoms with Gasteiger partial charge in [-0.1, -0.05) is 0 Å². The number of benzene rings is 1. The summed E-state index contributed by atoms with van der Waals surface area (Å²) < 4.78 is 13.1. The lowest BCUT2D eigenvalue weighted by Gasteiger charge is -2.21. The van der Waals surface area contributed by atoms with E-state index in [1.807, 2.05) is 41.8 Å². The molecular weight excluding hydrogens is 316 g/mol. The Morgan fingerprint density at radius 1 is 1.24 bits per heavy atom. The van der Waals surface area contributed by atoms with E-state index in [4.69, 9.17) is 9.47 Å². The first kappa shape index (κ1) is 16.0. The van der Waals surface area contributed by atoms with Gasteiger partial charge in [-0.15, -0.1) is 10.2 Å². The largest absolute Gasteiger partial charge is 0.494 e. The molecule has 1 atom stereocenters. The molecule has 1 saturated heterocycles. The van der Waals surface area contributed by atoms with Crippen LogP contribution >= 0.6 is 0 Å². The molecule has 0 aliphatic carbocycles. The SMILES string of the molecule is CCOc1ccc(-c2cn3c(CC4CCCOC4)nnc3cn2)cc1. The molecule has 1 aromatic carbocycles. The molecule has 1 aliphatic heterocycles. The fourth-order valence-corrected chi connectivity index (χ4v) is 3.25. The molecule has 1 unspecified atom stereocenters. The van der Waals surface area contributed by atoms with Crippen LogP contribution in [0.5, 0.6) is 5.75 Å². The third-order valence-electron chi connectivity index (χ3n) is 4.55. The van der Waals surface area contributed by atoms with Crippen LogP contribution in [0.3, 0.4) is 0 Å².